The molecule has 0 radical (unpaired) electrons. The van der Waals surface area contributed by atoms with Crippen molar-refractivity contribution in [1.82, 2.24) is 14.8 Å². The molecule has 0 aliphatic carbocycles. The molecule has 0 aliphatic rings. The van der Waals surface area contributed by atoms with Crippen LogP contribution in [-0.2, 0) is 6.54 Å². The topological polar surface area (TPSA) is 76.7 Å². The van der Waals surface area contributed by atoms with Gasteiger partial charge in [0.25, 0.3) is 0 Å². The Labute approximate surface area is 109 Å². The van der Waals surface area contributed by atoms with E-state index in [1.54, 1.807) is 4.57 Å². The van der Waals surface area contributed by atoms with Gasteiger partial charge in [0.05, 0.1) is 0 Å². The molecule has 96 valence electrons. The van der Waals surface area contributed by atoms with Crippen molar-refractivity contribution in [3.8, 4) is 0 Å². The number of aromatic amines is 1. The lowest BCUT2D eigenvalue weighted by atomic mass is 10.2. The molecule has 1 aromatic carbocycles. The van der Waals surface area contributed by atoms with E-state index in [4.69, 9.17) is 5.73 Å². The van der Waals surface area contributed by atoms with Gasteiger partial charge < -0.3 is 5.73 Å². The van der Waals surface area contributed by atoms with Gasteiger partial charge in [-0.3, -0.25) is 4.57 Å². The highest BCUT2D eigenvalue weighted by molar-refractivity contribution is 7.99. The van der Waals surface area contributed by atoms with E-state index in [1.807, 2.05) is 32.0 Å². The highest BCUT2D eigenvalue weighted by Gasteiger charge is 2.10. The second kappa shape index (κ2) is 5.30. The van der Waals surface area contributed by atoms with Gasteiger partial charge in [-0.05, 0) is 48.9 Å². The highest BCUT2D eigenvalue weighted by Crippen LogP contribution is 2.29. The van der Waals surface area contributed by atoms with Crippen LogP contribution in [0.1, 0.15) is 18.9 Å². The molecule has 3 N–H and O–H groups in total. The minimum atomic E-state index is -0.160. The average molecular weight is 264 g/mol. The van der Waals surface area contributed by atoms with E-state index in [9.17, 15) is 4.79 Å². The first-order valence-corrected chi connectivity index (χ1v) is 6.62. The van der Waals surface area contributed by atoms with Crippen LogP contribution in [-0.4, -0.2) is 14.8 Å². The number of nitrogens with one attached hydrogen (secondary N) is 1. The van der Waals surface area contributed by atoms with Crippen molar-refractivity contribution in [1.29, 1.82) is 0 Å². The van der Waals surface area contributed by atoms with Crippen molar-refractivity contribution in [3.05, 3.63) is 34.2 Å². The third kappa shape index (κ3) is 2.59. The van der Waals surface area contributed by atoms with Crippen LogP contribution in [0, 0.1) is 6.92 Å². The average Bonchev–Trinajstić information content (AvgIpc) is 2.66. The lowest BCUT2D eigenvalue weighted by molar-refractivity contribution is 0.604. The number of benzene rings is 1. The highest BCUT2D eigenvalue weighted by atomic mass is 32.2. The molecular weight excluding hydrogens is 248 g/mol. The van der Waals surface area contributed by atoms with Crippen molar-refractivity contribution >= 4 is 17.4 Å². The molecule has 0 bridgehead atoms. The van der Waals surface area contributed by atoms with Crippen LogP contribution >= 0.6 is 11.8 Å². The number of nitrogens with zero attached hydrogens (tertiary/aromatic N) is 2. The van der Waals surface area contributed by atoms with Crippen molar-refractivity contribution in [3.63, 3.8) is 0 Å². The fourth-order valence-electron chi connectivity index (χ4n) is 1.69. The van der Waals surface area contributed by atoms with Gasteiger partial charge in [0, 0.05) is 17.1 Å². The molecule has 6 heteroatoms. The fourth-order valence-corrected chi connectivity index (χ4v) is 2.62. The summed E-state index contributed by atoms with van der Waals surface area (Å²) >= 11 is 1.48. The van der Waals surface area contributed by atoms with E-state index in [2.05, 4.69) is 10.2 Å². The molecule has 18 heavy (non-hydrogen) atoms. The molecule has 1 aromatic heterocycles. The Morgan fingerprint density at radius 3 is 2.94 bits per heavy atom. The van der Waals surface area contributed by atoms with Crippen LogP contribution < -0.4 is 11.4 Å². The molecule has 0 aliphatic heterocycles. The zero-order valence-electron chi connectivity index (χ0n) is 10.4. The van der Waals surface area contributed by atoms with Crippen LogP contribution in [0.15, 0.2) is 33.0 Å². The maximum absolute atomic E-state index is 11.6. The lowest BCUT2D eigenvalue weighted by Gasteiger charge is -2.06. The van der Waals surface area contributed by atoms with Crippen molar-refractivity contribution in [2.24, 2.45) is 0 Å². The molecule has 2 rings (SSSR count). The predicted molar refractivity (Wildman–Crippen MR) is 72.9 cm³/mol. The van der Waals surface area contributed by atoms with E-state index in [-0.39, 0.29) is 5.69 Å². The summed E-state index contributed by atoms with van der Waals surface area (Å²) in [5.74, 6) is 0. The van der Waals surface area contributed by atoms with Crippen molar-refractivity contribution < 1.29 is 0 Å². The third-order valence-electron chi connectivity index (χ3n) is 2.57. The summed E-state index contributed by atoms with van der Waals surface area (Å²) in [7, 11) is 0. The van der Waals surface area contributed by atoms with Gasteiger partial charge in [-0.25, -0.2) is 9.89 Å². The van der Waals surface area contributed by atoms with Crippen LogP contribution in [0.5, 0.6) is 0 Å². The number of H-pyrrole nitrogens is 1. The van der Waals surface area contributed by atoms with Gasteiger partial charge >= 0.3 is 5.69 Å². The first-order chi connectivity index (χ1) is 8.61. The number of nitrogens with two attached hydrogens (primary N) is 1. The number of aromatic nitrogens is 3. The number of nitrogen functional groups attached to an aromatic ring is 1. The number of aryl methyl sites for hydroxylation is 1. The quantitative estimate of drug-likeness (QED) is 0.828. The molecule has 0 saturated heterocycles. The Balaban J connectivity index is 2.31. The van der Waals surface area contributed by atoms with Gasteiger partial charge in [0.2, 0.25) is 0 Å². The molecule has 0 unspecified atom stereocenters. The summed E-state index contributed by atoms with van der Waals surface area (Å²) in [6.07, 6.45) is 0.897. The lowest BCUT2D eigenvalue weighted by Crippen LogP contribution is -2.17. The van der Waals surface area contributed by atoms with Crippen molar-refractivity contribution in [2.45, 2.75) is 36.9 Å². The van der Waals surface area contributed by atoms with Crippen LogP contribution in [0.3, 0.4) is 0 Å². The summed E-state index contributed by atoms with van der Waals surface area (Å²) in [6.45, 7) is 4.70. The van der Waals surface area contributed by atoms with Gasteiger partial charge in [-0.2, -0.15) is 0 Å². The minimum absolute atomic E-state index is 0.160. The number of rotatable bonds is 4. The first kappa shape index (κ1) is 12.8. The van der Waals surface area contributed by atoms with Gasteiger partial charge in [-0.1, -0.05) is 6.92 Å². The van der Waals surface area contributed by atoms with Crippen LogP contribution in [0.2, 0.25) is 0 Å². The standard InChI is InChI=1S/C12H16N4OS/c1-3-6-16-11(17)14-15-12(16)18-10-5-4-9(13)7-8(10)2/h4-5,7H,3,6,13H2,1-2H3,(H,14,17). The monoisotopic (exact) mass is 264 g/mol. The molecule has 1 heterocycles. The fraction of sp³-hybridized carbons (Fsp3) is 0.333. The van der Waals surface area contributed by atoms with Crippen LogP contribution in [0.25, 0.3) is 0 Å². The Kier molecular flexibility index (Phi) is 3.76. The third-order valence-corrected chi connectivity index (χ3v) is 3.74. The Hall–Kier alpha value is -1.69. The molecule has 2 aromatic rings. The summed E-state index contributed by atoms with van der Waals surface area (Å²) < 4.78 is 1.65. The largest absolute Gasteiger partial charge is 0.399 e. The smallest absolute Gasteiger partial charge is 0.343 e. The van der Waals surface area contributed by atoms with Crippen molar-refractivity contribution in [2.75, 3.05) is 5.73 Å². The molecular formula is C12H16N4OS. The molecule has 0 saturated carbocycles. The predicted octanol–water partition coefficient (Wildman–Crippen LogP) is 2.02. The van der Waals surface area contributed by atoms with E-state index in [0.717, 1.165) is 22.6 Å². The Morgan fingerprint density at radius 1 is 1.50 bits per heavy atom. The van der Waals surface area contributed by atoms with Crippen LogP contribution in [0.4, 0.5) is 5.69 Å². The number of hydrogen-bond donors (Lipinski definition) is 2. The normalized spacial score (nSPS) is 10.8. The Morgan fingerprint density at radius 2 is 2.28 bits per heavy atom. The second-order valence-electron chi connectivity index (χ2n) is 4.09. The second-order valence-corrected chi connectivity index (χ2v) is 5.10. The van der Waals surface area contributed by atoms with E-state index in [0.29, 0.717) is 11.7 Å². The summed E-state index contributed by atoms with van der Waals surface area (Å²) in [6, 6.07) is 5.71. The van der Waals surface area contributed by atoms with Gasteiger partial charge in [0.15, 0.2) is 5.16 Å². The molecule has 0 fully saturated rings. The SMILES string of the molecule is CCCn1c(Sc2ccc(N)cc2C)n[nH]c1=O. The Bertz CT molecular complexity index is 602. The molecule has 0 spiro atoms. The van der Waals surface area contributed by atoms with Gasteiger partial charge in [-0.15, -0.1) is 5.10 Å². The number of hydrogen-bond acceptors (Lipinski definition) is 4. The summed E-state index contributed by atoms with van der Waals surface area (Å²) in [5, 5.41) is 7.22. The number of anilines is 1. The first-order valence-electron chi connectivity index (χ1n) is 5.81. The molecule has 0 amide bonds. The maximum Gasteiger partial charge on any atom is 0.343 e. The minimum Gasteiger partial charge on any atom is -0.399 e. The van der Waals surface area contributed by atoms with E-state index < -0.39 is 0 Å². The van der Waals surface area contributed by atoms with E-state index >= 15 is 0 Å². The molecule has 5 nitrogen and oxygen atoms in total. The molecule has 0 atom stereocenters. The zero-order valence-corrected chi connectivity index (χ0v) is 11.3. The zero-order chi connectivity index (χ0) is 13.1. The summed E-state index contributed by atoms with van der Waals surface area (Å²) in [4.78, 5) is 12.6. The van der Waals surface area contributed by atoms with Gasteiger partial charge in [0.1, 0.15) is 0 Å². The van der Waals surface area contributed by atoms with E-state index in [1.165, 1.54) is 11.8 Å². The summed E-state index contributed by atoms with van der Waals surface area (Å²) in [5.41, 5.74) is 7.38. The maximum atomic E-state index is 11.6.